The smallest absolute Gasteiger partial charge is 0.274 e. The molecule has 3 amide bonds. The van der Waals surface area contributed by atoms with E-state index in [0.29, 0.717) is 42.5 Å². The molecule has 0 spiro atoms. The lowest BCUT2D eigenvalue weighted by Crippen LogP contribution is -2.41. The van der Waals surface area contributed by atoms with Gasteiger partial charge in [0.25, 0.3) is 17.7 Å². The highest BCUT2D eigenvalue weighted by Crippen LogP contribution is 2.19. The number of morpholine rings is 1. The van der Waals surface area contributed by atoms with Crippen molar-refractivity contribution in [1.82, 2.24) is 24.3 Å². The number of nitrogens with one attached hydrogen (secondary N) is 3. The molecule has 0 radical (unpaired) electrons. The minimum atomic E-state index is -0.370. The SMILES string of the molecule is Cn1cc(NC(=O)c2cc(NC(=O)c3cc4ccccc4cn3)cn2C)cc1C(=O)NCCN1CCOCC1. The number of hydrogen-bond donors (Lipinski definition) is 3. The number of nitrogens with zero attached hydrogens (tertiary/aromatic N) is 4. The van der Waals surface area contributed by atoms with Gasteiger partial charge in [0.2, 0.25) is 0 Å². The molecule has 4 heterocycles. The molecule has 11 heteroatoms. The highest BCUT2D eigenvalue weighted by Gasteiger charge is 2.18. The average Bonchev–Trinajstić information content (AvgIpc) is 3.49. The molecule has 0 saturated carbocycles. The van der Waals surface area contributed by atoms with Gasteiger partial charge in [-0.3, -0.25) is 24.3 Å². The van der Waals surface area contributed by atoms with Crippen LogP contribution in [0.3, 0.4) is 0 Å². The molecule has 3 aromatic heterocycles. The molecule has 4 aromatic rings. The van der Waals surface area contributed by atoms with Crippen LogP contribution >= 0.6 is 0 Å². The zero-order valence-electron chi connectivity index (χ0n) is 21.9. The number of hydrogen-bond acceptors (Lipinski definition) is 6. The minimum Gasteiger partial charge on any atom is -0.379 e. The maximum Gasteiger partial charge on any atom is 0.274 e. The molecule has 0 bridgehead atoms. The first-order valence-electron chi connectivity index (χ1n) is 12.8. The van der Waals surface area contributed by atoms with Crippen LogP contribution in [-0.2, 0) is 18.8 Å². The monoisotopic (exact) mass is 529 g/mol. The number of benzene rings is 1. The van der Waals surface area contributed by atoms with Gasteiger partial charge in [0.15, 0.2) is 0 Å². The van der Waals surface area contributed by atoms with Crippen LogP contribution < -0.4 is 16.0 Å². The summed E-state index contributed by atoms with van der Waals surface area (Å²) in [5, 5.41) is 10.4. The van der Waals surface area contributed by atoms with Gasteiger partial charge in [-0.2, -0.15) is 0 Å². The number of anilines is 2. The van der Waals surface area contributed by atoms with Crippen molar-refractivity contribution >= 4 is 39.9 Å². The molecule has 1 saturated heterocycles. The number of pyridine rings is 1. The third-order valence-electron chi connectivity index (χ3n) is 6.67. The Kier molecular flexibility index (Phi) is 7.71. The predicted octanol–water partition coefficient (Wildman–Crippen LogP) is 2.48. The van der Waals surface area contributed by atoms with E-state index < -0.39 is 0 Å². The molecule has 39 heavy (non-hydrogen) atoms. The van der Waals surface area contributed by atoms with Gasteiger partial charge in [-0.15, -0.1) is 0 Å². The Hall–Kier alpha value is -4.48. The van der Waals surface area contributed by atoms with E-state index in [1.54, 1.807) is 60.0 Å². The lowest BCUT2D eigenvalue weighted by molar-refractivity contribution is 0.0383. The van der Waals surface area contributed by atoms with Crippen molar-refractivity contribution in [3.63, 3.8) is 0 Å². The van der Waals surface area contributed by atoms with E-state index in [4.69, 9.17) is 4.74 Å². The van der Waals surface area contributed by atoms with Crippen molar-refractivity contribution in [1.29, 1.82) is 0 Å². The average molecular weight is 530 g/mol. The number of aromatic nitrogens is 3. The molecular weight excluding hydrogens is 498 g/mol. The zero-order chi connectivity index (χ0) is 27.4. The highest BCUT2D eigenvalue weighted by atomic mass is 16.5. The van der Waals surface area contributed by atoms with E-state index in [1.165, 1.54) is 0 Å². The third kappa shape index (κ3) is 6.16. The number of rotatable bonds is 8. The second-order valence-electron chi connectivity index (χ2n) is 9.48. The molecule has 1 aliphatic rings. The van der Waals surface area contributed by atoms with Crippen molar-refractivity contribution in [3.8, 4) is 0 Å². The van der Waals surface area contributed by atoms with Crippen LogP contribution in [0.2, 0.25) is 0 Å². The maximum atomic E-state index is 13.0. The molecule has 11 nitrogen and oxygen atoms in total. The van der Waals surface area contributed by atoms with Crippen molar-refractivity contribution in [2.45, 2.75) is 0 Å². The van der Waals surface area contributed by atoms with Crippen molar-refractivity contribution in [2.75, 3.05) is 50.0 Å². The summed E-state index contributed by atoms with van der Waals surface area (Å²) in [5.74, 6) is -0.949. The molecule has 1 aromatic carbocycles. The third-order valence-corrected chi connectivity index (χ3v) is 6.67. The molecule has 1 fully saturated rings. The fourth-order valence-electron chi connectivity index (χ4n) is 4.56. The molecule has 5 rings (SSSR count). The minimum absolute atomic E-state index is 0.211. The molecule has 0 atom stereocenters. The Bertz CT molecular complexity index is 1520. The first kappa shape index (κ1) is 26.1. The Morgan fingerprint density at radius 2 is 1.46 bits per heavy atom. The summed E-state index contributed by atoms with van der Waals surface area (Å²) >= 11 is 0. The van der Waals surface area contributed by atoms with E-state index in [1.807, 2.05) is 24.3 Å². The number of carbonyl (C=O) groups excluding carboxylic acids is 3. The largest absolute Gasteiger partial charge is 0.379 e. The fourth-order valence-corrected chi connectivity index (χ4v) is 4.56. The first-order valence-corrected chi connectivity index (χ1v) is 12.8. The summed E-state index contributed by atoms with van der Waals surface area (Å²) in [4.78, 5) is 45.0. The Labute approximate surface area is 225 Å². The fraction of sp³-hybridized carbons (Fsp3) is 0.286. The lowest BCUT2D eigenvalue weighted by atomic mass is 10.1. The van der Waals surface area contributed by atoms with Gasteiger partial charge in [-0.05, 0) is 23.6 Å². The zero-order valence-corrected chi connectivity index (χ0v) is 21.9. The summed E-state index contributed by atoms with van der Waals surface area (Å²) < 4.78 is 8.65. The summed E-state index contributed by atoms with van der Waals surface area (Å²) in [5.41, 5.74) is 2.03. The number of fused-ring (bicyclic) bond motifs is 1. The van der Waals surface area contributed by atoms with Crippen LogP contribution in [0, 0.1) is 0 Å². The number of aryl methyl sites for hydroxylation is 2. The standard InChI is InChI=1S/C28H31N7O4/c1-33-18-22(14-24(33)27(37)29-7-8-35-9-11-39-12-10-35)32-28(38)25-15-21(17-34(25)2)31-26(36)23-13-19-5-3-4-6-20(19)16-30-23/h3-6,13-18H,7-12H2,1-2H3,(H,29,37)(H,31,36)(H,32,38). The Morgan fingerprint density at radius 1 is 0.846 bits per heavy atom. The topological polar surface area (TPSA) is 123 Å². The number of ether oxygens (including phenoxy) is 1. The summed E-state index contributed by atoms with van der Waals surface area (Å²) in [6.45, 7) is 4.43. The summed E-state index contributed by atoms with van der Waals surface area (Å²) in [6.07, 6.45) is 5.00. The highest BCUT2D eigenvalue weighted by molar-refractivity contribution is 6.07. The number of amides is 3. The first-order chi connectivity index (χ1) is 18.9. The molecule has 1 aliphatic heterocycles. The van der Waals surface area contributed by atoms with E-state index in [9.17, 15) is 14.4 Å². The maximum absolute atomic E-state index is 13.0. The second kappa shape index (κ2) is 11.5. The molecule has 0 unspecified atom stereocenters. The molecule has 202 valence electrons. The van der Waals surface area contributed by atoms with Gasteiger partial charge in [-0.1, -0.05) is 24.3 Å². The van der Waals surface area contributed by atoms with Crippen molar-refractivity contribution in [3.05, 3.63) is 78.1 Å². The van der Waals surface area contributed by atoms with Crippen LogP contribution in [0.15, 0.2) is 61.1 Å². The van der Waals surface area contributed by atoms with Gasteiger partial charge in [0.05, 0.1) is 24.6 Å². The van der Waals surface area contributed by atoms with E-state index in [2.05, 4.69) is 25.8 Å². The van der Waals surface area contributed by atoms with E-state index in [0.717, 1.165) is 30.4 Å². The summed E-state index contributed by atoms with van der Waals surface area (Å²) in [6, 6.07) is 12.6. The second-order valence-corrected chi connectivity index (χ2v) is 9.48. The quantitative estimate of drug-likeness (QED) is 0.322. The predicted molar refractivity (Wildman–Crippen MR) is 148 cm³/mol. The molecule has 3 N–H and O–H groups in total. The Balaban J connectivity index is 1.19. The van der Waals surface area contributed by atoms with Gasteiger partial charge in [-0.25, -0.2) is 0 Å². The summed E-state index contributed by atoms with van der Waals surface area (Å²) in [7, 11) is 3.47. The van der Waals surface area contributed by atoms with E-state index in [-0.39, 0.29) is 23.4 Å². The number of carbonyl (C=O) groups is 3. The normalized spacial score (nSPS) is 13.8. The van der Waals surface area contributed by atoms with Crippen LogP contribution in [0.1, 0.15) is 31.5 Å². The van der Waals surface area contributed by atoms with Gasteiger partial charge >= 0.3 is 0 Å². The van der Waals surface area contributed by atoms with Crippen LogP contribution in [-0.4, -0.2) is 76.1 Å². The van der Waals surface area contributed by atoms with E-state index >= 15 is 0 Å². The van der Waals surface area contributed by atoms with Gasteiger partial charge in [0, 0.05) is 64.3 Å². The molecule has 0 aliphatic carbocycles. The lowest BCUT2D eigenvalue weighted by Gasteiger charge is -2.26. The van der Waals surface area contributed by atoms with Gasteiger partial charge in [0.1, 0.15) is 17.1 Å². The van der Waals surface area contributed by atoms with Crippen LogP contribution in [0.4, 0.5) is 11.4 Å². The van der Waals surface area contributed by atoms with Crippen LogP contribution in [0.25, 0.3) is 10.8 Å². The van der Waals surface area contributed by atoms with Crippen molar-refractivity contribution < 1.29 is 19.1 Å². The van der Waals surface area contributed by atoms with Crippen molar-refractivity contribution in [2.24, 2.45) is 14.1 Å². The van der Waals surface area contributed by atoms with Gasteiger partial charge < -0.3 is 29.8 Å². The Morgan fingerprint density at radius 3 is 2.15 bits per heavy atom. The molecular formula is C28H31N7O4. The van der Waals surface area contributed by atoms with Crippen LogP contribution in [0.5, 0.6) is 0 Å².